The van der Waals surface area contributed by atoms with E-state index in [4.69, 9.17) is 11.6 Å². The number of likely N-dealkylation sites (N-methyl/N-ethyl adjacent to an activating group) is 1. The van der Waals surface area contributed by atoms with E-state index in [2.05, 4.69) is 15.4 Å². The Morgan fingerprint density at radius 1 is 1.35 bits per heavy atom. The number of hydrogen-bond acceptors (Lipinski definition) is 4. The molecule has 110 valence electrons. The van der Waals surface area contributed by atoms with Crippen LogP contribution in [0.5, 0.6) is 0 Å². The van der Waals surface area contributed by atoms with Gasteiger partial charge in [-0.15, -0.1) is 0 Å². The molecule has 6 heteroatoms. The van der Waals surface area contributed by atoms with Crippen LogP contribution in [0.1, 0.15) is 31.1 Å². The zero-order valence-corrected chi connectivity index (χ0v) is 12.8. The third-order valence-electron chi connectivity index (χ3n) is 2.82. The first kappa shape index (κ1) is 16.5. The summed E-state index contributed by atoms with van der Waals surface area (Å²) in [5.41, 5.74) is -0.0293. The van der Waals surface area contributed by atoms with Crippen LogP contribution in [0.3, 0.4) is 0 Å². The van der Waals surface area contributed by atoms with Gasteiger partial charge in [0.25, 0.3) is 0 Å². The lowest BCUT2D eigenvalue weighted by Gasteiger charge is -2.24. The van der Waals surface area contributed by atoms with Crippen LogP contribution in [-0.4, -0.2) is 31.1 Å². The molecule has 1 rings (SSSR count). The molecular formula is C14H19ClN2O3. The first-order chi connectivity index (χ1) is 9.31. The van der Waals surface area contributed by atoms with Gasteiger partial charge in [-0.3, -0.25) is 4.79 Å². The lowest BCUT2D eigenvalue weighted by Crippen LogP contribution is -2.49. The van der Waals surface area contributed by atoms with Crippen molar-refractivity contribution in [3.8, 4) is 0 Å². The largest absolute Gasteiger partial charge is 0.465 e. The number of anilines is 1. The lowest BCUT2D eigenvalue weighted by atomic mass is 10.0. The van der Waals surface area contributed by atoms with Crippen molar-refractivity contribution in [1.29, 1.82) is 0 Å². The number of carbonyl (C=O) groups is 2. The van der Waals surface area contributed by atoms with Gasteiger partial charge in [0, 0.05) is 0 Å². The van der Waals surface area contributed by atoms with Gasteiger partial charge < -0.3 is 15.4 Å². The van der Waals surface area contributed by atoms with Crippen LogP contribution >= 0.6 is 11.6 Å². The molecule has 0 aromatic heterocycles. The van der Waals surface area contributed by atoms with Crippen molar-refractivity contribution >= 4 is 29.2 Å². The van der Waals surface area contributed by atoms with Gasteiger partial charge in [-0.1, -0.05) is 18.5 Å². The normalized spacial score (nSPS) is 11.1. The van der Waals surface area contributed by atoms with Crippen molar-refractivity contribution in [2.45, 2.75) is 26.3 Å². The molecule has 0 saturated heterocycles. The summed E-state index contributed by atoms with van der Waals surface area (Å²) in [5.74, 6) is -0.716. The van der Waals surface area contributed by atoms with Gasteiger partial charge in [-0.2, -0.15) is 0 Å². The van der Waals surface area contributed by atoms with Crippen molar-refractivity contribution in [1.82, 2.24) is 5.32 Å². The minimum Gasteiger partial charge on any atom is -0.465 e. The van der Waals surface area contributed by atoms with E-state index in [-0.39, 0.29) is 5.91 Å². The Morgan fingerprint density at radius 2 is 2.00 bits per heavy atom. The summed E-state index contributed by atoms with van der Waals surface area (Å²) in [6, 6.07) is 4.58. The second kappa shape index (κ2) is 6.72. The van der Waals surface area contributed by atoms with Crippen LogP contribution in [0, 0.1) is 0 Å². The van der Waals surface area contributed by atoms with E-state index in [1.165, 1.54) is 13.2 Å². The SMILES string of the molecule is CCNC(C)(C)C(=O)Nc1cc(C(=O)OC)ccc1Cl. The number of hydrogen-bond donors (Lipinski definition) is 2. The summed E-state index contributed by atoms with van der Waals surface area (Å²) in [6.45, 7) is 6.12. The maximum atomic E-state index is 12.2. The van der Waals surface area contributed by atoms with Crippen molar-refractivity contribution in [2.24, 2.45) is 0 Å². The highest BCUT2D eigenvalue weighted by Gasteiger charge is 2.26. The molecule has 0 aliphatic rings. The fourth-order valence-corrected chi connectivity index (χ4v) is 1.83. The highest BCUT2D eigenvalue weighted by molar-refractivity contribution is 6.34. The fraction of sp³-hybridized carbons (Fsp3) is 0.429. The number of rotatable bonds is 5. The molecule has 0 saturated carbocycles. The number of esters is 1. The molecule has 5 nitrogen and oxygen atoms in total. The number of nitrogens with one attached hydrogen (secondary N) is 2. The van der Waals surface area contributed by atoms with Gasteiger partial charge >= 0.3 is 5.97 Å². The van der Waals surface area contributed by atoms with Crippen molar-refractivity contribution < 1.29 is 14.3 Å². The van der Waals surface area contributed by atoms with E-state index < -0.39 is 11.5 Å². The molecular weight excluding hydrogens is 280 g/mol. The Morgan fingerprint density at radius 3 is 2.55 bits per heavy atom. The molecule has 1 amide bonds. The average molecular weight is 299 g/mol. The molecule has 0 fully saturated rings. The molecule has 0 unspecified atom stereocenters. The number of carbonyl (C=O) groups excluding carboxylic acids is 2. The molecule has 2 N–H and O–H groups in total. The van der Waals surface area contributed by atoms with E-state index in [0.717, 1.165) is 0 Å². The van der Waals surface area contributed by atoms with Crippen LogP contribution in [0.15, 0.2) is 18.2 Å². The molecule has 0 aliphatic carbocycles. The minimum atomic E-state index is -0.737. The van der Waals surface area contributed by atoms with Gasteiger partial charge in [0.1, 0.15) is 0 Å². The predicted octanol–water partition coefficient (Wildman–Crippen LogP) is 2.45. The minimum absolute atomic E-state index is 0.233. The summed E-state index contributed by atoms with van der Waals surface area (Å²) in [7, 11) is 1.30. The topological polar surface area (TPSA) is 67.4 Å². The lowest BCUT2D eigenvalue weighted by molar-refractivity contribution is -0.121. The fourth-order valence-electron chi connectivity index (χ4n) is 1.67. The number of benzene rings is 1. The quantitative estimate of drug-likeness (QED) is 0.820. The molecule has 20 heavy (non-hydrogen) atoms. The molecule has 0 atom stereocenters. The Balaban J connectivity index is 2.97. The highest BCUT2D eigenvalue weighted by Crippen LogP contribution is 2.24. The second-order valence-electron chi connectivity index (χ2n) is 4.80. The van der Waals surface area contributed by atoms with E-state index in [1.54, 1.807) is 26.0 Å². The average Bonchev–Trinajstić information content (AvgIpc) is 2.40. The van der Waals surface area contributed by atoms with Crippen LogP contribution in [0.25, 0.3) is 0 Å². The summed E-state index contributed by atoms with van der Waals surface area (Å²) in [4.78, 5) is 23.7. The Labute approximate surface area is 123 Å². The van der Waals surface area contributed by atoms with Crippen LogP contribution in [0.4, 0.5) is 5.69 Å². The third-order valence-corrected chi connectivity index (χ3v) is 3.15. The number of halogens is 1. The van der Waals surface area contributed by atoms with Crippen LogP contribution < -0.4 is 10.6 Å². The number of methoxy groups -OCH3 is 1. The maximum absolute atomic E-state index is 12.2. The highest BCUT2D eigenvalue weighted by atomic mass is 35.5. The molecule has 0 heterocycles. The first-order valence-electron chi connectivity index (χ1n) is 6.26. The zero-order valence-electron chi connectivity index (χ0n) is 12.0. The molecule has 0 radical (unpaired) electrons. The summed E-state index contributed by atoms with van der Waals surface area (Å²) in [5, 5.41) is 6.14. The van der Waals surface area contributed by atoms with Gasteiger partial charge in [0.15, 0.2) is 0 Å². The van der Waals surface area contributed by atoms with E-state index >= 15 is 0 Å². The Kier molecular flexibility index (Phi) is 5.53. The van der Waals surface area contributed by atoms with Crippen molar-refractivity contribution in [2.75, 3.05) is 19.0 Å². The molecule has 1 aromatic rings. The summed E-state index contributed by atoms with van der Waals surface area (Å²) >= 11 is 6.03. The molecule has 1 aromatic carbocycles. The standard InChI is InChI=1S/C14H19ClN2O3/c1-5-16-14(2,3)13(19)17-11-8-9(12(18)20-4)6-7-10(11)15/h6-8,16H,5H2,1-4H3,(H,17,19). The van der Waals surface area contributed by atoms with E-state index in [0.29, 0.717) is 22.8 Å². The second-order valence-corrected chi connectivity index (χ2v) is 5.20. The van der Waals surface area contributed by atoms with Crippen LogP contribution in [-0.2, 0) is 9.53 Å². The maximum Gasteiger partial charge on any atom is 0.337 e. The number of amides is 1. The summed E-state index contributed by atoms with van der Waals surface area (Å²) in [6.07, 6.45) is 0. The van der Waals surface area contributed by atoms with Crippen molar-refractivity contribution in [3.63, 3.8) is 0 Å². The zero-order chi connectivity index (χ0) is 15.3. The van der Waals surface area contributed by atoms with Crippen molar-refractivity contribution in [3.05, 3.63) is 28.8 Å². The van der Waals surface area contributed by atoms with Gasteiger partial charge in [-0.25, -0.2) is 4.79 Å². The smallest absolute Gasteiger partial charge is 0.337 e. The first-order valence-corrected chi connectivity index (χ1v) is 6.64. The summed E-state index contributed by atoms with van der Waals surface area (Å²) < 4.78 is 4.63. The van der Waals surface area contributed by atoms with E-state index in [1.807, 2.05) is 6.92 Å². The van der Waals surface area contributed by atoms with Crippen LogP contribution in [0.2, 0.25) is 5.02 Å². The van der Waals surface area contributed by atoms with Gasteiger partial charge in [0.2, 0.25) is 5.91 Å². The number of ether oxygens (including phenoxy) is 1. The Bertz CT molecular complexity index is 515. The Hall–Kier alpha value is -1.59. The monoisotopic (exact) mass is 298 g/mol. The molecule has 0 aliphatic heterocycles. The van der Waals surface area contributed by atoms with Gasteiger partial charge in [0.05, 0.1) is 28.9 Å². The third kappa shape index (κ3) is 3.95. The predicted molar refractivity (Wildman–Crippen MR) is 79.2 cm³/mol. The molecule has 0 bridgehead atoms. The van der Waals surface area contributed by atoms with Gasteiger partial charge in [-0.05, 0) is 38.6 Å². The van der Waals surface area contributed by atoms with E-state index in [9.17, 15) is 9.59 Å². The molecule has 0 spiro atoms.